The van der Waals surface area contributed by atoms with Gasteiger partial charge in [-0.05, 0) is 52.0 Å². The third-order valence-corrected chi connectivity index (χ3v) is 4.76. The SMILES string of the molecule is CC(CN(C)C1CCN(C)CC1)C(N)c1ccccc1F. The second-order valence-electron chi connectivity index (χ2n) is 6.50. The Hall–Kier alpha value is -0.970. The maximum Gasteiger partial charge on any atom is 0.127 e. The van der Waals surface area contributed by atoms with Crippen LogP contribution < -0.4 is 5.73 Å². The molecule has 1 aromatic carbocycles. The van der Waals surface area contributed by atoms with Gasteiger partial charge in [-0.1, -0.05) is 25.1 Å². The van der Waals surface area contributed by atoms with Crippen molar-refractivity contribution in [1.29, 1.82) is 0 Å². The molecule has 0 radical (unpaired) electrons. The lowest BCUT2D eigenvalue weighted by atomic mass is 9.93. The number of rotatable bonds is 5. The molecule has 2 rings (SSSR count). The van der Waals surface area contributed by atoms with Gasteiger partial charge in [0.05, 0.1) is 0 Å². The number of likely N-dealkylation sites (tertiary alicyclic amines) is 1. The van der Waals surface area contributed by atoms with Gasteiger partial charge in [0.25, 0.3) is 0 Å². The fraction of sp³-hybridized carbons (Fsp3) is 0.647. The second-order valence-corrected chi connectivity index (χ2v) is 6.50. The maximum absolute atomic E-state index is 13.8. The van der Waals surface area contributed by atoms with E-state index in [1.54, 1.807) is 12.1 Å². The van der Waals surface area contributed by atoms with E-state index in [1.807, 2.05) is 6.07 Å². The Morgan fingerprint density at radius 3 is 2.57 bits per heavy atom. The summed E-state index contributed by atoms with van der Waals surface area (Å²) in [5, 5.41) is 0. The van der Waals surface area contributed by atoms with Crippen LogP contribution in [0, 0.1) is 11.7 Å². The van der Waals surface area contributed by atoms with E-state index >= 15 is 0 Å². The monoisotopic (exact) mass is 293 g/mol. The van der Waals surface area contributed by atoms with Gasteiger partial charge in [0.2, 0.25) is 0 Å². The topological polar surface area (TPSA) is 32.5 Å². The highest BCUT2D eigenvalue weighted by atomic mass is 19.1. The molecule has 1 heterocycles. The first-order chi connectivity index (χ1) is 9.99. The zero-order valence-electron chi connectivity index (χ0n) is 13.4. The van der Waals surface area contributed by atoms with Crippen LogP contribution in [0.15, 0.2) is 24.3 Å². The first-order valence-corrected chi connectivity index (χ1v) is 7.88. The number of nitrogens with zero attached hydrogens (tertiary/aromatic N) is 2. The zero-order chi connectivity index (χ0) is 15.4. The van der Waals surface area contributed by atoms with Gasteiger partial charge < -0.3 is 15.5 Å². The van der Waals surface area contributed by atoms with E-state index < -0.39 is 0 Å². The Kier molecular flexibility index (Phi) is 5.73. The van der Waals surface area contributed by atoms with E-state index in [4.69, 9.17) is 5.73 Å². The summed E-state index contributed by atoms with van der Waals surface area (Å²) >= 11 is 0. The van der Waals surface area contributed by atoms with Crippen LogP contribution in [0.5, 0.6) is 0 Å². The van der Waals surface area contributed by atoms with Gasteiger partial charge in [-0.3, -0.25) is 0 Å². The van der Waals surface area contributed by atoms with Crippen LogP contribution in [0.2, 0.25) is 0 Å². The minimum absolute atomic E-state index is 0.196. The van der Waals surface area contributed by atoms with Crippen LogP contribution in [0.25, 0.3) is 0 Å². The molecule has 1 aliphatic heterocycles. The molecule has 1 aromatic rings. The van der Waals surface area contributed by atoms with Crippen LogP contribution in [0.3, 0.4) is 0 Å². The molecule has 2 N–H and O–H groups in total. The molecule has 1 aliphatic rings. The summed E-state index contributed by atoms with van der Waals surface area (Å²) in [6, 6.07) is 7.22. The molecule has 21 heavy (non-hydrogen) atoms. The van der Waals surface area contributed by atoms with Crippen LogP contribution in [0.4, 0.5) is 4.39 Å². The van der Waals surface area contributed by atoms with Crippen molar-refractivity contribution >= 4 is 0 Å². The summed E-state index contributed by atoms with van der Waals surface area (Å²) in [6.45, 7) is 5.33. The molecule has 0 bridgehead atoms. The summed E-state index contributed by atoms with van der Waals surface area (Å²) in [4.78, 5) is 4.78. The summed E-state index contributed by atoms with van der Waals surface area (Å²) in [7, 11) is 4.34. The first kappa shape index (κ1) is 16.4. The van der Waals surface area contributed by atoms with Crippen molar-refractivity contribution in [2.75, 3.05) is 33.7 Å². The lowest BCUT2D eigenvalue weighted by molar-refractivity contribution is 0.126. The Morgan fingerprint density at radius 2 is 1.95 bits per heavy atom. The highest BCUT2D eigenvalue weighted by Gasteiger charge is 2.24. The number of piperidine rings is 1. The fourth-order valence-electron chi connectivity index (χ4n) is 3.20. The Morgan fingerprint density at radius 1 is 1.33 bits per heavy atom. The molecule has 1 saturated heterocycles. The minimum atomic E-state index is -0.250. The zero-order valence-corrected chi connectivity index (χ0v) is 13.4. The minimum Gasteiger partial charge on any atom is -0.324 e. The van der Waals surface area contributed by atoms with Gasteiger partial charge in [0.1, 0.15) is 5.82 Å². The highest BCUT2D eigenvalue weighted by Crippen LogP contribution is 2.24. The van der Waals surface area contributed by atoms with E-state index in [-0.39, 0.29) is 17.8 Å². The lowest BCUT2D eigenvalue weighted by Crippen LogP contribution is -2.44. The predicted molar refractivity (Wildman–Crippen MR) is 85.6 cm³/mol. The molecule has 2 unspecified atom stereocenters. The average molecular weight is 293 g/mol. The predicted octanol–water partition coefficient (Wildman–Crippen LogP) is 2.49. The summed E-state index contributed by atoms with van der Waals surface area (Å²) in [5.41, 5.74) is 6.89. The third-order valence-electron chi connectivity index (χ3n) is 4.76. The van der Waals surface area contributed by atoms with Crippen molar-refractivity contribution in [3.05, 3.63) is 35.6 Å². The molecule has 0 amide bonds. The van der Waals surface area contributed by atoms with Crippen molar-refractivity contribution < 1.29 is 4.39 Å². The van der Waals surface area contributed by atoms with E-state index in [1.165, 1.54) is 18.9 Å². The van der Waals surface area contributed by atoms with E-state index in [0.29, 0.717) is 11.6 Å². The molecule has 4 heteroatoms. The van der Waals surface area contributed by atoms with Gasteiger partial charge >= 0.3 is 0 Å². The van der Waals surface area contributed by atoms with Crippen molar-refractivity contribution in [3.63, 3.8) is 0 Å². The van der Waals surface area contributed by atoms with Gasteiger partial charge in [-0.15, -0.1) is 0 Å². The van der Waals surface area contributed by atoms with Crippen LogP contribution in [-0.4, -0.2) is 49.6 Å². The van der Waals surface area contributed by atoms with Gasteiger partial charge in [0, 0.05) is 24.2 Å². The number of nitrogens with two attached hydrogens (primary N) is 1. The second kappa shape index (κ2) is 7.34. The van der Waals surface area contributed by atoms with Gasteiger partial charge in [-0.2, -0.15) is 0 Å². The number of halogens is 1. The van der Waals surface area contributed by atoms with Crippen LogP contribution >= 0.6 is 0 Å². The molecule has 118 valence electrons. The quantitative estimate of drug-likeness (QED) is 0.905. The average Bonchev–Trinajstić information content (AvgIpc) is 2.47. The van der Waals surface area contributed by atoms with Crippen molar-refractivity contribution in [2.45, 2.75) is 31.8 Å². The largest absolute Gasteiger partial charge is 0.324 e. The molecule has 0 saturated carbocycles. The van der Waals surface area contributed by atoms with E-state index in [2.05, 4.69) is 30.8 Å². The van der Waals surface area contributed by atoms with E-state index in [0.717, 1.165) is 19.6 Å². The molecule has 2 atom stereocenters. The Labute approximate surface area is 127 Å². The van der Waals surface area contributed by atoms with Crippen LogP contribution in [-0.2, 0) is 0 Å². The molecule has 0 aliphatic carbocycles. The highest BCUT2D eigenvalue weighted by molar-refractivity contribution is 5.21. The smallest absolute Gasteiger partial charge is 0.127 e. The lowest BCUT2D eigenvalue weighted by Gasteiger charge is -2.37. The number of benzene rings is 1. The molecule has 1 fully saturated rings. The van der Waals surface area contributed by atoms with Crippen LogP contribution in [0.1, 0.15) is 31.4 Å². The maximum atomic E-state index is 13.8. The van der Waals surface area contributed by atoms with E-state index in [9.17, 15) is 4.39 Å². The molecule has 0 spiro atoms. The Bertz CT molecular complexity index is 443. The van der Waals surface area contributed by atoms with Gasteiger partial charge in [0.15, 0.2) is 0 Å². The molecule has 0 aromatic heterocycles. The molecule has 3 nitrogen and oxygen atoms in total. The summed E-state index contributed by atoms with van der Waals surface area (Å²) in [6.07, 6.45) is 2.41. The number of hydrogen-bond donors (Lipinski definition) is 1. The summed E-state index contributed by atoms with van der Waals surface area (Å²) < 4.78 is 13.8. The Balaban J connectivity index is 1.91. The normalized spacial score (nSPS) is 20.7. The standard InChI is InChI=1S/C17H28FN3/c1-13(17(19)15-6-4-5-7-16(15)18)12-21(3)14-8-10-20(2)11-9-14/h4-7,13-14,17H,8-12,19H2,1-3H3. The van der Waals surface area contributed by atoms with Crippen molar-refractivity contribution in [1.82, 2.24) is 9.80 Å². The van der Waals surface area contributed by atoms with Crippen molar-refractivity contribution in [2.24, 2.45) is 11.7 Å². The first-order valence-electron chi connectivity index (χ1n) is 7.88. The number of hydrogen-bond acceptors (Lipinski definition) is 3. The fourth-order valence-corrected chi connectivity index (χ4v) is 3.20. The van der Waals surface area contributed by atoms with Crippen molar-refractivity contribution in [3.8, 4) is 0 Å². The van der Waals surface area contributed by atoms with Gasteiger partial charge in [-0.25, -0.2) is 4.39 Å². The summed E-state index contributed by atoms with van der Waals surface area (Å²) in [5.74, 6) is 0.0327. The molecular weight excluding hydrogens is 265 g/mol. The molecular formula is C17H28FN3. The third kappa shape index (κ3) is 4.25.